The molecule has 0 aliphatic carbocycles. The maximum Gasteiger partial charge on any atom is 0.453 e. The van der Waals surface area contributed by atoms with Crippen molar-refractivity contribution >= 4 is 11.8 Å². The Hall–Kier alpha value is -2.32. The second-order valence-electron chi connectivity index (χ2n) is 3.31. The number of hydrogen-bond donors (Lipinski definition) is 0. The van der Waals surface area contributed by atoms with E-state index in [4.69, 9.17) is 0 Å². The summed E-state index contributed by atoms with van der Waals surface area (Å²) < 4.78 is 37.1. The summed E-state index contributed by atoms with van der Waals surface area (Å²) >= 11 is 0. The van der Waals surface area contributed by atoms with Crippen LogP contribution in [-0.2, 0) is 10.5 Å². The molecule has 0 radical (unpaired) electrons. The summed E-state index contributed by atoms with van der Waals surface area (Å²) in [7, 11) is 0. The average Bonchev–Trinajstić information content (AvgIpc) is 2.76. The molecule has 0 amide bonds. The normalized spacial score (nSPS) is 22.9. The molecule has 2 rings (SSSR count). The van der Waals surface area contributed by atoms with E-state index < -0.39 is 23.6 Å². The highest BCUT2D eigenvalue weighted by atomic mass is 19.4. The smallest absolute Gasteiger partial charge is 0.453 e. The van der Waals surface area contributed by atoms with Crippen LogP contribution in [0.3, 0.4) is 0 Å². The van der Waals surface area contributed by atoms with Crippen LogP contribution in [0.15, 0.2) is 39.6 Å². The van der Waals surface area contributed by atoms with Crippen molar-refractivity contribution in [2.45, 2.75) is 11.8 Å². The lowest BCUT2D eigenvalue weighted by Crippen LogP contribution is -2.43. The molecule has 1 aromatic rings. The van der Waals surface area contributed by atoms with Gasteiger partial charge in [0.05, 0.1) is 11.7 Å². The van der Waals surface area contributed by atoms with E-state index in [9.17, 15) is 23.1 Å². The molecule has 1 aliphatic heterocycles. The minimum absolute atomic E-state index is 0.298. The maximum atomic E-state index is 12.4. The van der Waals surface area contributed by atoms with Crippen LogP contribution in [0.25, 0.3) is 0 Å². The van der Waals surface area contributed by atoms with Crippen molar-refractivity contribution in [1.29, 1.82) is 0 Å². The Morgan fingerprint density at radius 2 is 2.06 bits per heavy atom. The first-order valence-electron chi connectivity index (χ1n) is 4.59. The number of azo groups is 1. The molecule has 0 saturated heterocycles. The standard InChI is InChI=1S/C9H5F3N4O2/c10-9(11,12)6-14-8(7(17)18,16-15-6)5-3-1-2-4-13-5/h1-4H,(H,17,18)/p-1. The van der Waals surface area contributed by atoms with E-state index in [0.717, 1.165) is 0 Å². The Balaban J connectivity index is 2.55. The van der Waals surface area contributed by atoms with Gasteiger partial charge in [-0.2, -0.15) is 13.2 Å². The Kier molecular flexibility index (Phi) is 2.60. The van der Waals surface area contributed by atoms with E-state index in [1.165, 1.54) is 24.4 Å². The lowest BCUT2D eigenvalue weighted by atomic mass is 10.1. The van der Waals surface area contributed by atoms with Crippen LogP contribution in [0.4, 0.5) is 13.2 Å². The van der Waals surface area contributed by atoms with Gasteiger partial charge in [-0.05, 0) is 12.1 Å². The molecular formula is C9H4F3N4O2-. The van der Waals surface area contributed by atoms with Crippen LogP contribution in [0, 0.1) is 0 Å². The molecule has 1 aliphatic rings. The van der Waals surface area contributed by atoms with E-state index in [1.54, 1.807) is 0 Å². The molecule has 0 N–H and O–H groups in total. The van der Waals surface area contributed by atoms with Gasteiger partial charge in [0, 0.05) is 6.20 Å². The van der Waals surface area contributed by atoms with Gasteiger partial charge in [0.25, 0.3) is 11.5 Å². The lowest BCUT2D eigenvalue weighted by molar-refractivity contribution is -0.313. The second-order valence-corrected chi connectivity index (χ2v) is 3.31. The van der Waals surface area contributed by atoms with E-state index >= 15 is 0 Å². The third-order valence-electron chi connectivity index (χ3n) is 2.12. The molecule has 0 aromatic carbocycles. The highest BCUT2D eigenvalue weighted by Crippen LogP contribution is 2.34. The fraction of sp³-hybridized carbons (Fsp3) is 0.222. The Morgan fingerprint density at radius 1 is 1.33 bits per heavy atom. The summed E-state index contributed by atoms with van der Waals surface area (Å²) in [5, 5.41) is 16.8. The largest absolute Gasteiger partial charge is 0.545 e. The number of carboxylic acids is 1. The number of aliphatic carboxylic acids is 1. The first-order valence-corrected chi connectivity index (χ1v) is 4.59. The summed E-state index contributed by atoms with van der Waals surface area (Å²) in [5.74, 6) is -3.55. The molecule has 1 atom stereocenters. The highest BCUT2D eigenvalue weighted by molar-refractivity contribution is 5.93. The molecule has 0 bridgehead atoms. The number of amidine groups is 1. The van der Waals surface area contributed by atoms with Crippen LogP contribution in [-0.4, -0.2) is 23.0 Å². The zero-order chi connectivity index (χ0) is 13.4. The van der Waals surface area contributed by atoms with Crippen molar-refractivity contribution in [3.05, 3.63) is 30.1 Å². The predicted molar refractivity (Wildman–Crippen MR) is 49.3 cm³/mol. The molecule has 0 fully saturated rings. The molecule has 0 spiro atoms. The number of pyridine rings is 1. The van der Waals surface area contributed by atoms with E-state index in [1.807, 2.05) is 0 Å². The fourth-order valence-electron chi connectivity index (χ4n) is 1.31. The molecule has 0 saturated carbocycles. The highest BCUT2D eigenvalue weighted by Gasteiger charge is 2.47. The number of rotatable bonds is 2. The molecule has 1 unspecified atom stereocenters. The van der Waals surface area contributed by atoms with Crippen molar-refractivity contribution in [2.24, 2.45) is 15.2 Å². The molecular weight excluding hydrogens is 253 g/mol. The van der Waals surface area contributed by atoms with Crippen LogP contribution < -0.4 is 5.11 Å². The second kappa shape index (κ2) is 3.86. The van der Waals surface area contributed by atoms with Crippen molar-refractivity contribution in [3.8, 4) is 0 Å². The van der Waals surface area contributed by atoms with Gasteiger partial charge in [-0.15, -0.1) is 10.2 Å². The van der Waals surface area contributed by atoms with Gasteiger partial charge in [-0.3, -0.25) is 4.98 Å². The zero-order valence-corrected chi connectivity index (χ0v) is 8.55. The van der Waals surface area contributed by atoms with Crippen molar-refractivity contribution < 1.29 is 23.1 Å². The van der Waals surface area contributed by atoms with Crippen LogP contribution in [0.2, 0.25) is 0 Å². The first kappa shape index (κ1) is 12.1. The van der Waals surface area contributed by atoms with E-state index in [2.05, 4.69) is 20.2 Å². The van der Waals surface area contributed by atoms with Gasteiger partial charge in [-0.25, -0.2) is 4.99 Å². The van der Waals surface area contributed by atoms with Crippen LogP contribution >= 0.6 is 0 Å². The summed E-state index contributed by atoms with van der Waals surface area (Å²) in [6.07, 6.45) is -3.67. The van der Waals surface area contributed by atoms with Gasteiger partial charge >= 0.3 is 6.18 Å². The molecule has 18 heavy (non-hydrogen) atoms. The van der Waals surface area contributed by atoms with Gasteiger partial charge in [0.15, 0.2) is 0 Å². The van der Waals surface area contributed by atoms with Gasteiger partial charge < -0.3 is 9.90 Å². The predicted octanol–water partition coefficient (Wildman–Crippen LogP) is 0.411. The minimum Gasteiger partial charge on any atom is -0.545 e. The fourth-order valence-corrected chi connectivity index (χ4v) is 1.31. The number of carbonyl (C=O) groups excluding carboxylic acids is 1. The van der Waals surface area contributed by atoms with Gasteiger partial charge in [-0.1, -0.05) is 6.07 Å². The summed E-state index contributed by atoms with van der Waals surface area (Å²) in [6.45, 7) is 0. The lowest BCUT2D eigenvalue weighted by Gasteiger charge is -2.21. The molecule has 6 nitrogen and oxygen atoms in total. The number of aliphatic imine (C=N–C) groups is 1. The van der Waals surface area contributed by atoms with Crippen LogP contribution in [0.1, 0.15) is 5.69 Å². The van der Waals surface area contributed by atoms with Crippen molar-refractivity contribution in [3.63, 3.8) is 0 Å². The van der Waals surface area contributed by atoms with Crippen LogP contribution in [0.5, 0.6) is 0 Å². The number of nitrogens with zero attached hydrogens (tertiary/aromatic N) is 4. The van der Waals surface area contributed by atoms with E-state index in [0.29, 0.717) is 0 Å². The molecule has 1 aromatic heterocycles. The Morgan fingerprint density at radius 3 is 2.50 bits per heavy atom. The topological polar surface area (TPSA) is 90.1 Å². The van der Waals surface area contributed by atoms with Gasteiger partial charge in [0.1, 0.15) is 0 Å². The zero-order valence-electron chi connectivity index (χ0n) is 8.55. The third kappa shape index (κ3) is 1.83. The summed E-state index contributed by atoms with van der Waals surface area (Å²) in [4.78, 5) is 17.6. The quantitative estimate of drug-likeness (QED) is 0.768. The maximum absolute atomic E-state index is 12.4. The Labute approximate surface area is 97.9 Å². The summed E-state index contributed by atoms with van der Waals surface area (Å²) in [6, 6.07) is 4.04. The average molecular weight is 257 g/mol. The summed E-state index contributed by atoms with van der Waals surface area (Å²) in [5.41, 5.74) is -2.86. The molecule has 2 heterocycles. The molecule has 9 heteroatoms. The monoisotopic (exact) mass is 257 g/mol. The SMILES string of the molecule is O=C([O-])C1(c2ccccn2)N=NC(C(F)(F)F)=N1. The number of alkyl halides is 3. The number of hydrogen-bond acceptors (Lipinski definition) is 6. The van der Waals surface area contributed by atoms with Crippen molar-refractivity contribution in [1.82, 2.24) is 4.98 Å². The number of carbonyl (C=O) groups is 1. The molecule has 94 valence electrons. The number of halogens is 3. The third-order valence-corrected chi connectivity index (χ3v) is 2.12. The van der Waals surface area contributed by atoms with Crippen molar-refractivity contribution in [2.75, 3.05) is 0 Å². The van der Waals surface area contributed by atoms with Gasteiger partial charge in [0.2, 0.25) is 0 Å². The Bertz CT molecular complexity index is 540. The number of aromatic nitrogens is 1. The number of carboxylic acid groups (broad SMARTS) is 1. The van der Waals surface area contributed by atoms with E-state index in [-0.39, 0.29) is 5.69 Å². The minimum atomic E-state index is -4.88. The first-order chi connectivity index (χ1) is 8.36.